The molecule has 0 unspecified atom stereocenters. The number of allylic oxidation sites excluding steroid dienone is 2. The van der Waals surface area contributed by atoms with E-state index in [0.29, 0.717) is 0 Å². The normalized spacial score (nSPS) is 15.2. The molecule has 1 aromatic heterocycles. The van der Waals surface area contributed by atoms with Crippen molar-refractivity contribution in [3.05, 3.63) is 34.8 Å². The lowest BCUT2D eigenvalue weighted by Gasteiger charge is -2.03. The largest absolute Gasteiger partial charge is 0.461 e. The fraction of sp³-hybridized carbons (Fsp3) is 0.333. The van der Waals surface area contributed by atoms with Crippen molar-refractivity contribution in [2.45, 2.75) is 26.7 Å². The summed E-state index contributed by atoms with van der Waals surface area (Å²) in [4.78, 5) is 0. The van der Waals surface area contributed by atoms with E-state index in [0.717, 1.165) is 24.4 Å². The highest BCUT2D eigenvalue weighted by molar-refractivity contribution is 5.64. The monoisotopic (exact) mass is 174 g/mol. The van der Waals surface area contributed by atoms with E-state index in [1.165, 1.54) is 11.1 Å². The molecule has 1 heteroatoms. The van der Waals surface area contributed by atoms with E-state index >= 15 is 0 Å². The molecule has 0 fully saturated rings. The molecule has 1 nitrogen and oxygen atoms in total. The first-order chi connectivity index (χ1) is 6.33. The van der Waals surface area contributed by atoms with Crippen LogP contribution in [0.25, 0.3) is 12.2 Å². The van der Waals surface area contributed by atoms with Gasteiger partial charge in [0.05, 0.1) is 0 Å². The third kappa shape index (κ3) is 1.35. The Morgan fingerprint density at radius 2 is 2.31 bits per heavy atom. The highest BCUT2D eigenvalue weighted by Gasteiger charge is 2.15. The molecule has 2 rings (SSSR count). The Kier molecular flexibility index (Phi) is 2.09. The first kappa shape index (κ1) is 8.36. The Morgan fingerprint density at radius 3 is 3.08 bits per heavy atom. The van der Waals surface area contributed by atoms with Crippen molar-refractivity contribution in [3.8, 4) is 0 Å². The number of fused-ring (bicyclic) bond motifs is 1. The summed E-state index contributed by atoms with van der Waals surface area (Å²) in [6, 6.07) is 0. The molecule has 0 aromatic carbocycles. The van der Waals surface area contributed by atoms with Crippen molar-refractivity contribution < 1.29 is 4.42 Å². The number of rotatable bonds is 1. The Balaban J connectivity index is 2.55. The van der Waals surface area contributed by atoms with Gasteiger partial charge in [0.25, 0.3) is 0 Å². The number of furan rings is 1. The van der Waals surface area contributed by atoms with Crippen LogP contribution in [0.2, 0.25) is 0 Å². The molecule has 0 radical (unpaired) electrons. The molecular formula is C12H14O. The van der Waals surface area contributed by atoms with Crippen LogP contribution >= 0.6 is 0 Å². The van der Waals surface area contributed by atoms with Crippen LogP contribution in [0, 0.1) is 6.92 Å². The molecule has 68 valence electrons. The van der Waals surface area contributed by atoms with Crippen molar-refractivity contribution in [2.75, 3.05) is 0 Å². The maximum absolute atomic E-state index is 5.65. The molecule has 0 N–H and O–H groups in total. The fourth-order valence-electron chi connectivity index (χ4n) is 1.82. The van der Waals surface area contributed by atoms with Gasteiger partial charge in [-0.3, -0.25) is 0 Å². The molecule has 0 atom stereocenters. The minimum atomic E-state index is 1.04. The van der Waals surface area contributed by atoms with Crippen molar-refractivity contribution in [1.29, 1.82) is 0 Å². The minimum absolute atomic E-state index is 1.04. The zero-order chi connectivity index (χ0) is 9.26. The van der Waals surface area contributed by atoms with Gasteiger partial charge in [-0.15, -0.1) is 0 Å². The van der Waals surface area contributed by atoms with Crippen LogP contribution in [0.3, 0.4) is 0 Å². The first-order valence-corrected chi connectivity index (χ1v) is 4.74. The van der Waals surface area contributed by atoms with E-state index in [9.17, 15) is 0 Å². The molecule has 13 heavy (non-hydrogen) atoms. The quantitative estimate of drug-likeness (QED) is 0.634. The van der Waals surface area contributed by atoms with Crippen molar-refractivity contribution in [2.24, 2.45) is 0 Å². The maximum atomic E-state index is 5.65. The molecular weight excluding hydrogens is 160 g/mol. The van der Waals surface area contributed by atoms with E-state index in [1.54, 1.807) is 0 Å². The summed E-state index contributed by atoms with van der Waals surface area (Å²) < 4.78 is 5.65. The number of aryl methyl sites for hydroxylation is 1. The molecule has 0 amide bonds. The summed E-state index contributed by atoms with van der Waals surface area (Å²) >= 11 is 0. The number of hydrogen-bond acceptors (Lipinski definition) is 1. The molecule has 1 aliphatic carbocycles. The molecule has 1 aliphatic rings. The van der Waals surface area contributed by atoms with Gasteiger partial charge in [-0.1, -0.05) is 18.2 Å². The topological polar surface area (TPSA) is 13.1 Å². The van der Waals surface area contributed by atoms with Gasteiger partial charge in [-0.2, -0.15) is 0 Å². The zero-order valence-electron chi connectivity index (χ0n) is 8.13. The molecule has 0 bridgehead atoms. The summed E-state index contributed by atoms with van der Waals surface area (Å²) in [6.45, 7) is 4.07. The van der Waals surface area contributed by atoms with Gasteiger partial charge < -0.3 is 4.42 Å². The van der Waals surface area contributed by atoms with E-state index in [1.807, 2.05) is 13.8 Å². The van der Waals surface area contributed by atoms with Gasteiger partial charge in [0.2, 0.25) is 0 Å². The van der Waals surface area contributed by atoms with E-state index in [2.05, 4.69) is 24.3 Å². The standard InChI is InChI=1S/C12H14O/c1-3-6-10-9(2)13-12-8-5-4-7-11(10)12/h3,5-6,8H,4,7H2,1-2H3/b6-3+. The first-order valence-electron chi connectivity index (χ1n) is 4.74. The SMILES string of the molecule is C/C=C/c1c(C)oc2c1CCC=C2. The van der Waals surface area contributed by atoms with Gasteiger partial charge in [0.15, 0.2) is 0 Å². The van der Waals surface area contributed by atoms with E-state index < -0.39 is 0 Å². The third-order valence-electron chi connectivity index (χ3n) is 2.43. The molecule has 0 aliphatic heterocycles. The fourth-order valence-corrected chi connectivity index (χ4v) is 1.82. The van der Waals surface area contributed by atoms with Crippen LogP contribution < -0.4 is 0 Å². The van der Waals surface area contributed by atoms with Crippen LogP contribution in [-0.2, 0) is 6.42 Å². The second-order valence-electron chi connectivity index (χ2n) is 3.36. The molecule has 1 heterocycles. The van der Waals surface area contributed by atoms with Crippen molar-refractivity contribution >= 4 is 12.2 Å². The third-order valence-corrected chi connectivity index (χ3v) is 2.43. The molecule has 0 spiro atoms. The lowest BCUT2D eigenvalue weighted by Crippen LogP contribution is -1.91. The Labute approximate surface area is 78.8 Å². The molecule has 1 aromatic rings. The van der Waals surface area contributed by atoms with Gasteiger partial charge in [0, 0.05) is 11.1 Å². The lowest BCUT2D eigenvalue weighted by molar-refractivity contribution is 0.520. The van der Waals surface area contributed by atoms with E-state index in [-0.39, 0.29) is 0 Å². The van der Waals surface area contributed by atoms with Crippen molar-refractivity contribution in [1.82, 2.24) is 0 Å². The highest BCUT2D eigenvalue weighted by Crippen LogP contribution is 2.29. The van der Waals surface area contributed by atoms with Gasteiger partial charge in [-0.05, 0) is 32.8 Å². The van der Waals surface area contributed by atoms with Crippen LogP contribution in [0.4, 0.5) is 0 Å². The van der Waals surface area contributed by atoms with Crippen LogP contribution in [-0.4, -0.2) is 0 Å². The summed E-state index contributed by atoms with van der Waals surface area (Å²) in [5.41, 5.74) is 2.65. The smallest absolute Gasteiger partial charge is 0.130 e. The maximum Gasteiger partial charge on any atom is 0.130 e. The lowest BCUT2D eigenvalue weighted by atomic mass is 9.99. The number of hydrogen-bond donors (Lipinski definition) is 0. The van der Waals surface area contributed by atoms with Crippen LogP contribution in [0.5, 0.6) is 0 Å². The average Bonchev–Trinajstić information content (AvgIpc) is 2.44. The van der Waals surface area contributed by atoms with E-state index in [4.69, 9.17) is 4.42 Å². The average molecular weight is 174 g/mol. The molecule has 0 saturated carbocycles. The predicted molar refractivity (Wildman–Crippen MR) is 55.5 cm³/mol. The van der Waals surface area contributed by atoms with Gasteiger partial charge >= 0.3 is 0 Å². The van der Waals surface area contributed by atoms with Crippen molar-refractivity contribution in [3.63, 3.8) is 0 Å². The highest BCUT2D eigenvalue weighted by atomic mass is 16.3. The predicted octanol–water partition coefficient (Wildman–Crippen LogP) is 3.58. The summed E-state index contributed by atoms with van der Waals surface area (Å²) in [5, 5.41) is 0. The Morgan fingerprint density at radius 1 is 1.46 bits per heavy atom. The Bertz CT molecular complexity index is 367. The van der Waals surface area contributed by atoms with Gasteiger partial charge in [0.1, 0.15) is 11.5 Å². The Hall–Kier alpha value is -1.24. The minimum Gasteiger partial charge on any atom is -0.461 e. The van der Waals surface area contributed by atoms with Crippen LogP contribution in [0.1, 0.15) is 36.0 Å². The van der Waals surface area contributed by atoms with Gasteiger partial charge in [-0.25, -0.2) is 0 Å². The second-order valence-corrected chi connectivity index (χ2v) is 3.36. The second kappa shape index (κ2) is 3.25. The summed E-state index contributed by atoms with van der Waals surface area (Å²) in [7, 11) is 0. The van der Waals surface area contributed by atoms with Crippen LogP contribution in [0.15, 0.2) is 16.6 Å². The summed E-state index contributed by atoms with van der Waals surface area (Å²) in [5.74, 6) is 2.09. The molecule has 0 saturated heterocycles. The summed E-state index contributed by atoms with van der Waals surface area (Å²) in [6.07, 6.45) is 10.7. The zero-order valence-corrected chi connectivity index (χ0v) is 8.13.